The highest BCUT2D eigenvalue weighted by Crippen LogP contribution is 2.42. The molecule has 0 bridgehead atoms. The van der Waals surface area contributed by atoms with E-state index < -0.39 is 79.6 Å². The number of benzene rings is 4. The lowest BCUT2D eigenvalue weighted by Gasteiger charge is -2.40. The normalized spacial score (nSPS) is 14.9. The minimum Gasteiger partial charge on any atom is -0.497 e. The first-order valence-corrected chi connectivity index (χ1v) is 28.3. The second-order valence-electron chi connectivity index (χ2n) is 18.2. The predicted octanol–water partition coefficient (Wildman–Crippen LogP) is 9.89. The molecule has 0 saturated carbocycles. The molecule has 15 nitrogen and oxygen atoms in total. The second kappa shape index (κ2) is 26.8. The van der Waals surface area contributed by atoms with Gasteiger partial charge in [0.25, 0.3) is 11.8 Å². The Morgan fingerprint density at radius 3 is 1.36 bits per heavy atom. The Labute approximate surface area is 441 Å². The molecule has 0 spiro atoms. The summed E-state index contributed by atoms with van der Waals surface area (Å²) in [6.07, 6.45) is -7.14. The lowest BCUT2D eigenvalue weighted by Crippen LogP contribution is -2.47. The maximum atomic E-state index is 13.4. The smallest absolute Gasteiger partial charge is 0.497 e. The third kappa shape index (κ3) is 15.8. The zero-order chi connectivity index (χ0) is 58.4. The van der Waals surface area contributed by atoms with Crippen molar-refractivity contribution in [3.63, 3.8) is 0 Å². The van der Waals surface area contributed by atoms with Gasteiger partial charge in [-0.25, -0.2) is 25.3 Å². The molecule has 0 radical (unpaired) electrons. The summed E-state index contributed by atoms with van der Waals surface area (Å²) in [4.78, 5) is 44.5. The van der Waals surface area contributed by atoms with Gasteiger partial charge in [0.1, 0.15) is 30.8 Å². The van der Waals surface area contributed by atoms with E-state index in [-0.39, 0.29) is 58.9 Å². The summed E-state index contributed by atoms with van der Waals surface area (Å²) in [6.45, 7) is 17.0. The second-order valence-corrected chi connectivity index (χ2v) is 25.3. The Morgan fingerprint density at radius 2 is 0.961 bits per heavy atom. The lowest BCUT2D eigenvalue weighted by molar-refractivity contribution is -0.274. The van der Waals surface area contributed by atoms with Crippen molar-refractivity contribution in [1.82, 2.24) is 9.80 Å². The van der Waals surface area contributed by atoms with Crippen molar-refractivity contribution in [1.29, 1.82) is 0 Å². The zero-order valence-corrected chi connectivity index (χ0v) is 46.5. The lowest BCUT2D eigenvalue weighted by atomic mass is 9.85. The molecule has 2 amide bonds. The van der Waals surface area contributed by atoms with Gasteiger partial charge < -0.3 is 33.6 Å². The van der Waals surface area contributed by atoms with Crippen molar-refractivity contribution >= 4 is 54.9 Å². The molecule has 76 heavy (non-hydrogen) atoms. The molecule has 2 aliphatic rings. The van der Waals surface area contributed by atoms with Gasteiger partial charge in [-0.3, -0.25) is 9.59 Å². The number of hydrogen-bond donors (Lipinski definition) is 0. The van der Waals surface area contributed by atoms with E-state index in [2.05, 4.69) is 4.74 Å². The first kappa shape index (κ1) is 66.1. The van der Waals surface area contributed by atoms with E-state index in [4.69, 9.17) is 19.1 Å². The number of nitrogens with zero attached hydrogens (tertiary/aromatic N) is 2. The SMILES string of the molecule is C=O.C=O.CC.COc1ccc(C(=O)N2CCC(C(C)(C)S(=O)(=O)c3cccc(C(F)(F)F)c3)CC2)c(S(C)(=O)=O)c1.COc1ccc(C(=O)N2CCC(C(C)(C)S(=O)(=O)c3cccc(OC(F)(F)F)c3)CC2)c(C)c1. The van der Waals surface area contributed by atoms with Gasteiger partial charge in [-0.05, 0) is 150 Å². The van der Waals surface area contributed by atoms with E-state index >= 15 is 0 Å². The van der Waals surface area contributed by atoms with E-state index in [9.17, 15) is 61.2 Å². The number of alkyl halides is 6. The molecule has 0 N–H and O–H groups in total. The van der Waals surface area contributed by atoms with E-state index in [0.717, 1.165) is 42.2 Å². The molecule has 0 aliphatic carbocycles. The molecule has 2 aliphatic heterocycles. The Hall–Kier alpha value is -6.01. The molecule has 2 fully saturated rings. The molecule has 24 heteroatoms. The summed E-state index contributed by atoms with van der Waals surface area (Å²) in [6, 6.07) is 17.5. The molecule has 2 saturated heterocycles. The van der Waals surface area contributed by atoms with Crippen molar-refractivity contribution in [3.8, 4) is 17.2 Å². The zero-order valence-electron chi connectivity index (χ0n) is 44.0. The minimum atomic E-state index is -4.92. The van der Waals surface area contributed by atoms with Gasteiger partial charge in [-0.2, -0.15) is 13.2 Å². The molecular formula is C52H66F6N2O13S3. The number of halogens is 6. The van der Waals surface area contributed by atoms with Gasteiger partial charge in [-0.1, -0.05) is 26.0 Å². The molecule has 0 atom stereocenters. The number of aryl methyl sites for hydroxylation is 1. The Balaban J connectivity index is 0.000000474. The van der Waals surface area contributed by atoms with Crippen LogP contribution in [0.25, 0.3) is 0 Å². The fraction of sp³-hybridized carbons (Fsp3) is 0.462. The number of ether oxygens (including phenoxy) is 3. The molecule has 6 rings (SSSR count). The number of sulfone groups is 3. The number of likely N-dealkylation sites (tertiary alicyclic amines) is 2. The van der Waals surface area contributed by atoms with Crippen LogP contribution in [-0.2, 0) is 45.3 Å². The fourth-order valence-electron chi connectivity index (χ4n) is 8.74. The number of carbonyl (C=O) groups is 4. The van der Waals surface area contributed by atoms with Gasteiger partial charge >= 0.3 is 12.5 Å². The van der Waals surface area contributed by atoms with Gasteiger partial charge in [0.15, 0.2) is 29.5 Å². The van der Waals surface area contributed by atoms with Gasteiger partial charge in [0, 0.05) is 38.0 Å². The Morgan fingerprint density at radius 1 is 0.566 bits per heavy atom. The fourth-order valence-corrected chi connectivity index (χ4v) is 13.3. The van der Waals surface area contributed by atoms with Crippen LogP contribution in [0.4, 0.5) is 26.3 Å². The molecular weight excluding hydrogens is 1070 g/mol. The quantitative estimate of drug-likeness (QED) is 0.121. The van der Waals surface area contributed by atoms with Crippen LogP contribution in [0.5, 0.6) is 17.2 Å². The first-order valence-electron chi connectivity index (χ1n) is 23.5. The van der Waals surface area contributed by atoms with Gasteiger partial charge in [-0.15, -0.1) is 13.2 Å². The molecule has 2 heterocycles. The summed E-state index contributed by atoms with van der Waals surface area (Å²) in [5.74, 6) is -1.00. The van der Waals surface area contributed by atoms with Crippen LogP contribution in [0, 0.1) is 18.8 Å². The van der Waals surface area contributed by atoms with Crippen LogP contribution in [0.15, 0.2) is 99.6 Å². The predicted molar refractivity (Wildman–Crippen MR) is 274 cm³/mol. The highest BCUT2D eigenvalue weighted by Gasteiger charge is 2.47. The summed E-state index contributed by atoms with van der Waals surface area (Å²) in [5, 5.41) is 0. The molecule has 4 aromatic carbocycles. The summed E-state index contributed by atoms with van der Waals surface area (Å²) < 4.78 is 167. The van der Waals surface area contributed by atoms with E-state index in [1.807, 2.05) is 34.3 Å². The van der Waals surface area contributed by atoms with Crippen LogP contribution in [-0.4, -0.2) is 123 Å². The van der Waals surface area contributed by atoms with Crippen molar-refractivity contribution in [2.45, 2.75) is 111 Å². The van der Waals surface area contributed by atoms with Crippen LogP contribution in [0.2, 0.25) is 0 Å². The number of carbonyl (C=O) groups excluding carboxylic acids is 4. The van der Waals surface area contributed by atoms with Crippen LogP contribution < -0.4 is 14.2 Å². The van der Waals surface area contributed by atoms with Crippen molar-refractivity contribution in [2.75, 3.05) is 46.7 Å². The number of methoxy groups -OCH3 is 2. The summed E-state index contributed by atoms with van der Waals surface area (Å²) in [5.41, 5.74) is 0.302. The number of piperidine rings is 2. The summed E-state index contributed by atoms with van der Waals surface area (Å²) in [7, 11) is -8.93. The molecule has 0 aromatic heterocycles. The number of hydrogen-bond acceptors (Lipinski definition) is 13. The third-order valence-corrected chi connectivity index (χ3v) is 19.5. The highest BCUT2D eigenvalue weighted by atomic mass is 32.2. The average Bonchev–Trinajstić information content (AvgIpc) is 3.39. The highest BCUT2D eigenvalue weighted by molar-refractivity contribution is 7.93. The Kier molecular flexibility index (Phi) is 23.4. The molecule has 0 unspecified atom stereocenters. The van der Waals surface area contributed by atoms with E-state index in [0.29, 0.717) is 43.3 Å². The monoisotopic (exact) mass is 1140 g/mol. The van der Waals surface area contributed by atoms with Crippen molar-refractivity contribution < 1.29 is 85.0 Å². The van der Waals surface area contributed by atoms with Gasteiger partial charge in [0.05, 0.1) is 49.5 Å². The van der Waals surface area contributed by atoms with Gasteiger partial charge in [0.2, 0.25) is 0 Å². The minimum absolute atomic E-state index is 0.00685. The largest absolute Gasteiger partial charge is 0.573 e. The summed E-state index contributed by atoms with van der Waals surface area (Å²) >= 11 is 0. The third-order valence-electron chi connectivity index (χ3n) is 13.2. The average molecular weight is 1140 g/mol. The molecule has 4 aromatic rings. The standard InChI is InChI=1S/C24H28F3NO6S2.C24H28F3NO5S.C2H6.2CH2O/c1-23(2,36(32,33)19-7-5-6-17(14-19)24(25,26)27)16-10-12-28(13-11-16)22(29)20-9-8-18(34-3)15-21(20)35(4,30)31;1-16-14-18(32-4)8-9-21(16)22(29)28-12-10-17(11-13-28)23(2,3)34(30,31)20-7-5-6-19(15-20)33-24(25,26)27;3*1-2/h5-9,14-16H,10-13H2,1-4H3;5-9,14-15,17H,10-13H2,1-4H3;1-2H3;2*1H2. The van der Waals surface area contributed by atoms with E-state index in [1.165, 1.54) is 56.2 Å². The van der Waals surface area contributed by atoms with E-state index in [1.54, 1.807) is 44.1 Å². The van der Waals surface area contributed by atoms with Crippen LogP contribution in [0.1, 0.15) is 99.1 Å². The maximum Gasteiger partial charge on any atom is 0.573 e. The topological polar surface area (TPSA) is 205 Å². The van der Waals surface area contributed by atoms with Crippen LogP contribution in [0.3, 0.4) is 0 Å². The number of amides is 2. The van der Waals surface area contributed by atoms with Crippen molar-refractivity contribution in [2.24, 2.45) is 11.8 Å². The number of rotatable bonds is 12. The van der Waals surface area contributed by atoms with Crippen molar-refractivity contribution in [3.05, 3.63) is 107 Å². The molecule has 422 valence electrons. The Bertz CT molecular complexity index is 2950. The van der Waals surface area contributed by atoms with Crippen LogP contribution >= 0.6 is 0 Å². The maximum absolute atomic E-state index is 13.4. The first-order chi connectivity index (χ1) is 35.3.